The Morgan fingerprint density at radius 3 is 2.32 bits per heavy atom. The highest BCUT2D eigenvalue weighted by Crippen LogP contribution is 2.32. The summed E-state index contributed by atoms with van der Waals surface area (Å²) in [6.45, 7) is 2.75. The quantitative estimate of drug-likeness (QED) is 0.845. The summed E-state index contributed by atoms with van der Waals surface area (Å²) in [5, 5.41) is 0. The molecule has 1 aliphatic heterocycles. The van der Waals surface area contributed by atoms with Crippen molar-refractivity contribution in [3.05, 3.63) is 52.3 Å². The minimum Gasteiger partial charge on any atom is -0.495 e. The van der Waals surface area contributed by atoms with Crippen LogP contribution in [-0.2, 0) is 0 Å². The van der Waals surface area contributed by atoms with Gasteiger partial charge in [-0.05, 0) is 24.3 Å². The predicted molar refractivity (Wildman–Crippen MR) is 100 cm³/mol. The summed E-state index contributed by atoms with van der Waals surface area (Å²) in [6.07, 6.45) is 0. The Morgan fingerprint density at radius 2 is 1.72 bits per heavy atom. The van der Waals surface area contributed by atoms with Crippen LogP contribution in [0.3, 0.4) is 0 Å². The number of benzene rings is 2. The molecule has 0 saturated carbocycles. The van der Waals surface area contributed by atoms with E-state index >= 15 is 0 Å². The Balaban J connectivity index is 1.82. The molecule has 5 nitrogen and oxygen atoms in total. The number of para-hydroxylation sites is 2. The molecule has 0 spiro atoms. The smallest absolute Gasteiger partial charge is 0.253 e. The highest BCUT2D eigenvalue weighted by Gasteiger charge is 2.25. The molecular weight excluding hydrogens is 389 g/mol. The van der Waals surface area contributed by atoms with Gasteiger partial charge in [0.15, 0.2) is 0 Å². The normalized spacial score (nSPS) is 14.5. The summed E-state index contributed by atoms with van der Waals surface area (Å²) in [5.74, 6) is -0.543. The van der Waals surface area contributed by atoms with Gasteiger partial charge >= 0.3 is 0 Å². The van der Waals surface area contributed by atoms with Crippen LogP contribution in [0.5, 0.6) is 5.75 Å². The molecule has 0 aliphatic carbocycles. The van der Waals surface area contributed by atoms with Gasteiger partial charge in [-0.1, -0.05) is 28.1 Å². The van der Waals surface area contributed by atoms with Gasteiger partial charge in [0, 0.05) is 30.7 Å². The second kappa shape index (κ2) is 7.31. The Labute approximate surface area is 154 Å². The van der Waals surface area contributed by atoms with Gasteiger partial charge in [0.05, 0.1) is 24.0 Å². The number of hydrogen-bond acceptors (Lipinski definition) is 4. The molecule has 0 atom stereocenters. The molecule has 7 heteroatoms. The predicted octanol–water partition coefficient (Wildman–Crippen LogP) is 3.02. The minimum absolute atomic E-state index is 0.0612. The van der Waals surface area contributed by atoms with Gasteiger partial charge in [-0.15, -0.1) is 0 Å². The molecule has 0 bridgehead atoms. The monoisotopic (exact) mass is 407 g/mol. The molecule has 2 N–H and O–H groups in total. The number of carbonyl (C=O) groups is 1. The number of primary amides is 1. The number of piperazine rings is 1. The molecule has 0 aromatic heterocycles. The van der Waals surface area contributed by atoms with E-state index in [1.54, 1.807) is 13.2 Å². The fraction of sp³-hybridized carbons (Fsp3) is 0.278. The third-order valence-corrected chi connectivity index (χ3v) is 4.78. The first-order valence-electron chi connectivity index (χ1n) is 7.93. The van der Waals surface area contributed by atoms with Crippen LogP contribution in [-0.4, -0.2) is 39.2 Å². The summed E-state index contributed by atoms with van der Waals surface area (Å²) in [7, 11) is 1.65. The number of ether oxygens (including phenoxy) is 1. The molecule has 3 rings (SSSR count). The summed E-state index contributed by atoms with van der Waals surface area (Å²) < 4.78 is 20.2. The Bertz CT molecular complexity index is 792. The fourth-order valence-corrected chi connectivity index (χ4v) is 3.55. The van der Waals surface area contributed by atoms with Crippen molar-refractivity contribution in [2.24, 2.45) is 5.73 Å². The SMILES string of the molecule is COc1ccccc1N1CCN(c2cc(Br)cc(F)c2C(N)=O)CC1. The molecule has 25 heavy (non-hydrogen) atoms. The lowest BCUT2D eigenvalue weighted by Crippen LogP contribution is -2.47. The lowest BCUT2D eigenvalue weighted by atomic mass is 10.1. The molecule has 2 aromatic rings. The van der Waals surface area contributed by atoms with E-state index in [1.807, 2.05) is 29.2 Å². The number of halogens is 2. The van der Waals surface area contributed by atoms with Crippen molar-refractivity contribution in [1.29, 1.82) is 0 Å². The van der Waals surface area contributed by atoms with Crippen LogP contribution in [0.1, 0.15) is 10.4 Å². The first-order valence-corrected chi connectivity index (χ1v) is 8.72. The van der Waals surface area contributed by atoms with Gasteiger partial charge < -0.3 is 20.3 Å². The molecule has 1 aliphatic rings. The largest absolute Gasteiger partial charge is 0.495 e. The van der Waals surface area contributed by atoms with E-state index in [-0.39, 0.29) is 5.56 Å². The Morgan fingerprint density at radius 1 is 1.12 bits per heavy atom. The maximum atomic E-state index is 14.2. The number of nitrogens with zero attached hydrogens (tertiary/aromatic N) is 2. The topological polar surface area (TPSA) is 58.8 Å². The lowest BCUT2D eigenvalue weighted by Gasteiger charge is -2.38. The van der Waals surface area contributed by atoms with Crippen LogP contribution in [0, 0.1) is 5.82 Å². The van der Waals surface area contributed by atoms with Crippen LogP contribution >= 0.6 is 15.9 Å². The number of anilines is 2. The summed E-state index contributed by atoms with van der Waals surface area (Å²) >= 11 is 3.28. The van der Waals surface area contributed by atoms with Crippen molar-refractivity contribution in [3.8, 4) is 5.75 Å². The number of hydrogen-bond donors (Lipinski definition) is 1. The number of nitrogens with two attached hydrogens (primary N) is 1. The molecule has 1 heterocycles. The lowest BCUT2D eigenvalue weighted by molar-refractivity contribution is 0.0997. The van der Waals surface area contributed by atoms with E-state index < -0.39 is 11.7 Å². The van der Waals surface area contributed by atoms with Crippen molar-refractivity contribution in [2.75, 3.05) is 43.1 Å². The maximum Gasteiger partial charge on any atom is 0.253 e. The zero-order valence-corrected chi connectivity index (χ0v) is 15.4. The average Bonchev–Trinajstić information content (AvgIpc) is 2.60. The molecule has 1 fully saturated rings. The van der Waals surface area contributed by atoms with E-state index in [4.69, 9.17) is 10.5 Å². The van der Waals surface area contributed by atoms with E-state index in [9.17, 15) is 9.18 Å². The molecule has 0 radical (unpaired) electrons. The third kappa shape index (κ3) is 3.56. The molecule has 0 unspecified atom stereocenters. The molecular formula is C18H19BrFN3O2. The molecule has 132 valence electrons. The highest BCUT2D eigenvalue weighted by atomic mass is 79.9. The van der Waals surface area contributed by atoms with Crippen LogP contribution in [0.15, 0.2) is 40.9 Å². The van der Waals surface area contributed by atoms with Gasteiger partial charge in [0.2, 0.25) is 0 Å². The van der Waals surface area contributed by atoms with Gasteiger partial charge in [-0.25, -0.2) is 4.39 Å². The van der Waals surface area contributed by atoms with Crippen molar-refractivity contribution >= 4 is 33.2 Å². The van der Waals surface area contributed by atoms with E-state index in [0.717, 1.165) is 24.5 Å². The fourth-order valence-electron chi connectivity index (χ4n) is 3.13. The van der Waals surface area contributed by atoms with Crippen LogP contribution in [0.25, 0.3) is 0 Å². The van der Waals surface area contributed by atoms with Crippen molar-refractivity contribution < 1.29 is 13.9 Å². The van der Waals surface area contributed by atoms with E-state index in [2.05, 4.69) is 20.8 Å². The Hall–Kier alpha value is -2.28. The molecule has 1 saturated heterocycles. The van der Waals surface area contributed by atoms with Gasteiger partial charge in [-0.3, -0.25) is 4.79 Å². The minimum atomic E-state index is -0.757. The van der Waals surface area contributed by atoms with Gasteiger partial charge in [0.25, 0.3) is 5.91 Å². The first kappa shape index (κ1) is 17.5. The van der Waals surface area contributed by atoms with Crippen LogP contribution in [0.4, 0.5) is 15.8 Å². The number of methoxy groups -OCH3 is 1. The average molecular weight is 408 g/mol. The van der Waals surface area contributed by atoms with Crippen molar-refractivity contribution in [2.45, 2.75) is 0 Å². The maximum absolute atomic E-state index is 14.2. The zero-order valence-electron chi connectivity index (χ0n) is 13.8. The summed E-state index contributed by atoms with van der Waals surface area (Å²) in [4.78, 5) is 15.9. The Kier molecular flexibility index (Phi) is 5.13. The summed E-state index contributed by atoms with van der Waals surface area (Å²) in [5.41, 5.74) is 6.87. The van der Waals surface area contributed by atoms with Crippen LogP contribution < -0.4 is 20.3 Å². The summed E-state index contributed by atoms with van der Waals surface area (Å²) in [6, 6.07) is 10.8. The zero-order chi connectivity index (χ0) is 18.0. The molecule has 1 amide bonds. The second-order valence-electron chi connectivity index (χ2n) is 5.79. The number of rotatable bonds is 4. The molecule has 2 aromatic carbocycles. The van der Waals surface area contributed by atoms with Crippen molar-refractivity contribution in [1.82, 2.24) is 0 Å². The number of amides is 1. The first-order chi connectivity index (χ1) is 12.0. The van der Waals surface area contributed by atoms with Crippen molar-refractivity contribution in [3.63, 3.8) is 0 Å². The van der Waals surface area contributed by atoms with E-state index in [0.29, 0.717) is 23.2 Å². The van der Waals surface area contributed by atoms with Gasteiger partial charge in [-0.2, -0.15) is 0 Å². The third-order valence-electron chi connectivity index (χ3n) is 4.33. The second-order valence-corrected chi connectivity index (χ2v) is 6.71. The van der Waals surface area contributed by atoms with E-state index in [1.165, 1.54) is 6.07 Å². The standard InChI is InChI=1S/C18H19BrFN3O2/c1-25-16-5-3-2-4-14(16)22-6-8-23(9-7-22)15-11-12(19)10-13(20)17(15)18(21)24/h2-5,10-11H,6-9H2,1H3,(H2,21,24). The van der Waals surface area contributed by atoms with Crippen LogP contribution in [0.2, 0.25) is 0 Å². The highest BCUT2D eigenvalue weighted by molar-refractivity contribution is 9.10. The van der Waals surface area contributed by atoms with Gasteiger partial charge in [0.1, 0.15) is 11.6 Å². The number of carbonyl (C=O) groups excluding carboxylic acids is 1.